The first-order valence-corrected chi connectivity index (χ1v) is 16.3. The molecule has 0 aliphatic heterocycles. The lowest BCUT2D eigenvalue weighted by Gasteiger charge is -2.17. The molecule has 0 radical (unpaired) electrons. The fraction of sp³-hybridized carbons (Fsp3) is 0.294. The number of aryl methyl sites for hydroxylation is 1. The molecule has 0 unspecified atom stereocenters. The number of benzene rings is 3. The Bertz CT molecular complexity index is 1830. The van der Waals surface area contributed by atoms with Gasteiger partial charge in [0.1, 0.15) is 24.1 Å². The third kappa shape index (κ3) is 7.48. The van der Waals surface area contributed by atoms with Crippen LogP contribution in [0, 0.1) is 18.6 Å². The van der Waals surface area contributed by atoms with Crippen molar-refractivity contribution >= 4 is 23.9 Å². The Kier molecular flexibility index (Phi) is 10.4. The molecule has 45 heavy (non-hydrogen) atoms. The number of nitrogens with zero attached hydrogens (tertiary/aromatic N) is 3. The van der Waals surface area contributed by atoms with Crippen molar-refractivity contribution < 1.29 is 31.9 Å². The van der Waals surface area contributed by atoms with Crippen molar-refractivity contribution in [1.29, 1.82) is 0 Å². The van der Waals surface area contributed by atoms with Crippen molar-refractivity contribution in [2.24, 2.45) is 0 Å². The second-order valence-electron chi connectivity index (χ2n) is 10.4. The number of fused-ring (bicyclic) bond motifs is 1. The molecule has 3 aromatic carbocycles. The van der Waals surface area contributed by atoms with Gasteiger partial charge >= 0.3 is 7.60 Å². The highest BCUT2D eigenvalue weighted by molar-refractivity contribution is 7.62. The molecule has 8 nitrogen and oxygen atoms in total. The van der Waals surface area contributed by atoms with E-state index in [1.165, 1.54) is 12.1 Å². The van der Waals surface area contributed by atoms with Crippen LogP contribution >= 0.6 is 7.60 Å². The van der Waals surface area contributed by atoms with Gasteiger partial charge in [0, 0.05) is 37.3 Å². The Morgan fingerprint density at radius 2 is 1.62 bits per heavy atom. The first-order chi connectivity index (χ1) is 21.7. The summed E-state index contributed by atoms with van der Waals surface area (Å²) in [6, 6.07) is 20.3. The molecule has 236 valence electrons. The lowest BCUT2D eigenvalue weighted by molar-refractivity contribution is 0.187. The van der Waals surface area contributed by atoms with Crippen LogP contribution in [0.3, 0.4) is 0 Å². The van der Waals surface area contributed by atoms with Gasteiger partial charge in [0.25, 0.3) is 0 Å². The molecule has 0 atom stereocenters. The van der Waals surface area contributed by atoms with Crippen LogP contribution in [-0.4, -0.2) is 41.5 Å². The van der Waals surface area contributed by atoms with E-state index in [1.807, 2.05) is 17.6 Å². The van der Waals surface area contributed by atoms with Crippen molar-refractivity contribution in [3.8, 4) is 17.1 Å². The third-order valence-corrected chi connectivity index (χ3v) is 9.36. The van der Waals surface area contributed by atoms with Gasteiger partial charge in [-0.05, 0) is 68.3 Å². The molecule has 11 heteroatoms. The molecule has 2 heterocycles. The van der Waals surface area contributed by atoms with Crippen molar-refractivity contribution in [3.63, 3.8) is 0 Å². The highest BCUT2D eigenvalue weighted by atomic mass is 31.2. The van der Waals surface area contributed by atoms with Gasteiger partial charge in [-0.1, -0.05) is 30.3 Å². The van der Waals surface area contributed by atoms with Crippen LogP contribution in [0.5, 0.6) is 5.88 Å². The van der Waals surface area contributed by atoms with Gasteiger partial charge < -0.3 is 23.1 Å². The molecule has 5 rings (SSSR count). The number of rotatable bonds is 14. The molecule has 0 aliphatic rings. The molecule has 2 aromatic heterocycles. The van der Waals surface area contributed by atoms with E-state index >= 15 is 4.39 Å². The van der Waals surface area contributed by atoms with Gasteiger partial charge in [0.2, 0.25) is 5.88 Å². The van der Waals surface area contributed by atoms with Gasteiger partial charge in [-0.3, -0.25) is 4.57 Å². The molecular weight excluding hydrogens is 599 g/mol. The number of methoxy groups -OCH3 is 1. The van der Waals surface area contributed by atoms with Crippen molar-refractivity contribution in [2.45, 2.75) is 40.3 Å². The maximum absolute atomic E-state index is 15.6. The van der Waals surface area contributed by atoms with E-state index < -0.39 is 13.4 Å². The highest BCUT2D eigenvalue weighted by Crippen LogP contribution is 2.47. The topological polar surface area (TPSA) is 84.7 Å². The minimum absolute atomic E-state index is 0.0240. The van der Waals surface area contributed by atoms with E-state index in [-0.39, 0.29) is 32.1 Å². The summed E-state index contributed by atoms with van der Waals surface area (Å²) in [7, 11) is -1.91. The fourth-order valence-corrected chi connectivity index (χ4v) is 6.61. The minimum Gasteiger partial charge on any atom is -0.473 e. The highest BCUT2D eigenvalue weighted by Gasteiger charge is 2.28. The first-order valence-electron chi connectivity index (χ1n) is 14.8. The van der Waals surface area contributed by atoms with Crippen LogP contribution in [0.1, 0.15) is 36.4 Å². The summed E-state index contributed by atoms with van der Waals surface area (Å²) < 4.78 is 67.3. The molecule has 0 N–H and O–H groups in total. The average molecular weight is 636 g/mol. The summed E-state index contributed by atoms with van der Waals surface area (Å²) in [4.78, 5) is 9.29. The Labute approximate surface area is 261 Å². The Morgan fingerprint density at radius 1 is 0.867 bits per heavy atom. The van der Waals surface area contributed by atoms with E-state index in [1.54, 1.807) is 75.6 Å². The van der Waals surface area contributed by atoms with Gasteiger partial charge in [0.05, 0.1) is 41.9 Å². The molecule has 0 amide bonds. The van der Waals surface area contributed by atoms with Crippen LogP contribution in [0.15, 0.2) is 72.8 Å². The lowest BCUT2D eigenvalue weighted by atomic mass is 10.1. The van der Waals surface area contributed by atoms with E-state index in [2.05, 4.69) is 4.98 Å². The number of ether oxygens (including phenoxy) is 2. The summed E-state index contributed by atoms with van der Waals surface area (Å²) in [6.07, 6.45) is 0.215. The number of hydrogen-bond acceptors (Lipinski definition) is 7. The first kappa shape index (κ1) is 32.4. The standard InChI is InChI=1S/C34H36F2N3O5P/c1-5-43-45(40,44-6-2)27-14-15-31-32(21-27)39(16-17-41-4)33(37-31)20-24-12-13-25(19-29(24)36)30-8-7-9-34(38-30)42-22-26-11-10-23(3)18-28(26)35/h7-15,18-19,21H,5-6,16-17,20,22H2,1-4H3. The summed E-state index contributed by atoms with van der Waals surface area (Å²) >= 11 is 0. The van der Waals surface area contributed by atoms with Gasteiger partial charge in [0.15, 0.2) is 0 Å². The largest absolute Gasteiger partial charge is 0.473 e. The summed E-state index contributed by atoms with van der Waals surface area (Å²) in [5.74, 6) is 0.188. The zero-order valence-corrected chi connectivity index (χ0v) is 26.7. The van der Waals surface area contributed by atoms with Crippen LogP contribution < -0.4 is 10.0 Å². The Morgan fingerprint density at radius 3 is 2.33 bits per heavy atom. The summed E-state index contributed by atoms with van der Waals surface area (Å²) in [5.41, 5.74) is 4.20. The number of aromatic nitrogens is 3. The monoisotopic (exact) mass is 635 g/mol. The summed E-state index contributed by atoms with van der Waals surface area (Å²) in [6.45, 7) is 6.71. The predicted molar refractivity (Wildman–Crippen MR) is 170 cm³/mol. The van der Waals surface area contributed by atoms with Gasteiger partial charge in [-0.25, -0.2) is 18.7 Å². The third-order valence-electron chi connectivity index (χ3n) is 7.25. The number of imidazole rings is 1. The van der Waals surface area contributed by atoms with Crippen LogP contribution in [0.25, 0.3) is 22.3 Å². The minimum atomic E-state index is -3.51. The molecule has 0 saturated carbocycles. The summed E-state index contributed by atoms with van der Waals surface area (Å²) in [5, 5.41) is 0.432. The van der Waals surface area contributed by atoms with E-state index in [9.17, 15) is 8.96 Å². The van der Waals surface area contributed by atoms with Gasteiger partial charge in [-0.15, -0.1) is 0 Å². The van der Waals surface area contributed by atoms with E-state index in [0.717, 1.165) is 11.1 Å². The lowest BCUT2D eigenvalue weighted by Crippen LogP contribution is -2.13. The molecular formula is C34H36F2N3O5P. The molecule has 0 bridgehead atoms. The fourth-order valence-electron chi connectivity index (χ4n) is 5.02. The van der Waals surface area contributed by atoms with Crippen molar-refractivity contribution in [1.82, 2.24) is 14.5 Å². The normalized spacial score (nSPS) is 11.8. The second kappa shape index (κ2) is 14.4. The number of pyridine rings is 1. The molecule has 0 aliphatic carbocycles. The second-order valence-corrected chi connectivity index (χ2v) is 12.4. The number of halogens is 2. The van der Waals surface area contributed by atoms with Crippen LogP contribution in [-0.2, 0) is 37.9 Å². The van der Waals surface area contributed by atoms with Crippen LogP contribution in [0.4, 0.5) is 8.78 Å². The zero-order valence-electron chi connectivity index (χ0n) is 25.8. The van der Waals surface area contributed by atoms with E-state index in [4.69, 9.17) is 23.5 Å². The smallest absolute Gasteiger partial charge is 0.361 e. The Hall–Kier alpha value is -3.95. The predicted octanol–water partition coefficient (Wildman–Crippen LogP) is 7.39. The van der Waals surface area contributed by atoms with Crippen LogP contribution in [0.2, 0.25) is 0 Å². The maximum Gasteiger partial charge on any atom is 0.361 e. The quantitative estimate of drug-likeness (QED) is 0.118. The molecule has 0 spiro atoms. The zero-order chi connectivity index (χ0) is 32.0. The van der Waals surface area contributed by atoms with Crippen molar-refractivity contribution in [3.05, 3.63) is 107 Å². The maximum atomic E-state index is 15.6. The van der Waals surface area contributed by atoms with Crippen molar-refractivity contribution in [2.75, 3.05) is 26.9 Å². The van der Waals surface area contributed by atoms with Gasteiger partial charge in [-0.2, -0.15) is 0 Å². The SMILES string of the molecule is CCOP(=O)(OCC)c1ccc2nc(Cc3ccc(-c4cccc(OCc5ccc(C)cc5F)n4)cc3F)n(CCOC)c2c1. The molecule has 0 saturated heterocycles. The number of hydrogen-bond donors (Lipinski definition) is 0. The van der Waals surface area contributed by atoms with E-state index in [0.29, 0.717) is 58.1 Å². The molecule has 0 fully saturated rings. The Balaban J connectivity index is 1.39. The molecule has 5 aromatic rings. The average Bonchev–Trinajstić information content (AvgIpc) is 3.37.